The highest BCUT2D eigenvalue weighted by Gasteiger charge is 2.24. The molecule has 3 aromatic rings. The van der Waals surface area contributed by atoms with Crippen molar-refractivity contribution in [2.75, 3.05) is 13.7 Å². The van der Waals surface area contributed by atoms with E-state index < -0.39 is 0 Å². The number of likely N-dealkylation sites (tertiary alicyclic amines) is 1. The summed E-state index contributed by atoms with van der Waals surface area (Å²) in [5, 5.41) is 3.03. The topological polar surface area (TPSA) is 97.3 Å². The van der Waals surface area contributed by atoms with Gasteiger partial charge >= 0.3 is 0 Å². The molecule has 32 heavy (non-hydrogen) atoms. The summed E-state index contributed by atoms with van der Waals surface area (Å²) < 4.78 is 5.27. The van der Waals surface area contributed by atoms with Crippen LogP contribution in [0.3, 0.4) is 0 Å². The van der Waals surface area contributed by atoms with E-state index in [1.165, 1.54) is 12.4 Å². The average molecular weight is 431 g/mol. The summed E-state index contributed by atoms with van der Waals surface area (Å²) in [4.78, 5) is 39.7. The Balaban J connectivity index is 1.35. The van der Waals surface area contributed by atoms with Gasteiger partial charge in [0.2, 0.25) is 5.91 Å². The Bertz CT molecular complexity index is 1070. The van der Waals surface area contributed by atoms with Crippen molar-refractivity contribution in [2.45, 2.75) is 31.8 Å². The van der Waals surface area contributed by atoms with Gasteiger partial charge in [0, 0.05) is 55.9 Å². The van der Waals surface area contributed by atoms with Gasteiger partial charge in [-0.2, -0.15) is 0 Å². The average Bonchev–Trinajstić information content (AvgIpc) is 3.01. The Morgan fingerprint density at radius 2 is 2.00 bits per heavy atom. The first-order valence-electron chi connectivity index (χ1n) is 10.6. The van der Waals surface area contributed by atoms with Gasteiger partial charge in [0.15, 0.2) is 5.82 Å². The molecular formula is C24H25N5O3. The van der Waals surface area contributed by atoms with Crippen LogP contribution in [0, 0.1) is 0 Å². The summed E-state index contributed by atoms with van der Waals surface area (Å²) in [5.74, 6) is 1.14. The fraction of sp³-hybridized carbons (Fsp3) is 0.292. The lowest BCUT2D eigenvalue weighted by molar-refractivity contribution is -0.131. The monoisotopic (exact) mass is 431 g/mol. The molecule has 8 nitrogen and oxygen atoms in total. The Morgan fingerprint density at radius 1 is 1.16 bits per heavy atom. The van der Waals surface area contributed by atoms with E-state index in [2.05, 4.69) is 20.3 Å². The lowest BCUT2D eigenvalue weighted by Gasteiger charge is -2.21. The minimum absolute atomic E-state index is 0.0836. The van der Waals surface area contributed by atoms with Crippen molar-refractivity contribution in [3.05, 3.63) is 72.3 Å². The molecule has 0 radical (unpaired) electrons. The predicted octanol–water partition coefficient (Wildman–Crippen LogP) is 2.86. The van der Waals surface area contributed by atoms with Gasteiger partial charge < -0.3 is 15.0 Å². The number of rotatable bonds is 6. The quantitative estimate of drug-likeness (QED) is 0.645. The number of nitrogens with zero attached hydrogens (tertiary/aromatic N) is 4. The van der Waals surface area contributed by atoms with Crippen molar-refractivity contribution in [2.24, 2.45) is 0 Å². The SMILES string of the molecule is COc1cccc(CN2CCC(NC(=O)c3cnc(-c4cccnc4)nc3)CCC2=O)c1. The van der Waals surface area contributed by atoms with E-state index in [-0.39, 0.29) is 17.9 Å². The summed E-state index contributed by atoms with van der Waals surface area (Å²) in [6.07, 6.45) is 8.08. The third-order valence-corrected chi connectivity index (χ3v) is 5.48. The van der Waals surface area contributed by atoms with E-state index in [9.17, 15) is 9.59 Å². The van der Waals surface area contributed by atoms with E-state index in [1.807, 2.05) is 41.3 Å². The number of aromatic nitrogens is 3. The largest absolute Gasteiger partial charge is 0.497 e. The molecule has 1 aliphatic rings. The van der Waals surface area contributed by atoms with Crippen molar-refractivity contribution in [3.8, 4) is 17.1 Å². The van der Waals surface area contributed by atoms with Crippen LogP contribution in [0.5, 0.6) is 5.75 Å². The normalized spacial score (nSPS) is 16.3. The molecule has 0 aliphatic carbocycles. The van der Waals surface area contributed by atoms with E-state index in [0.717, 1.165) is 16.9 Å². The van der Waals surface area contributed by atoms with Crippen LogP contribution in [-0.4, -0.2) is 51.4 Å². The molecule has 1 N–H and O–H groups in total. The van der Waals surface area contributed by atoms with Crippen molar-refractivity contribution in [3.63, 3.8) is 0 Å². The second-order valence-corrected chi connectivity index (χ2v) is 7.70. The molecule has 1 fully saturated rings. The fourth-order valence-electron chi connectivity index (χ4n) is 3.70. The van der Waals surface area contributed by atoms with Crippen LogP contribution in [-0.2, 0) is 11.3 Å². The Hall–Kier alpha value is -3.81. The number of carbonyl (C=O) groups excluding carboxylic acids is 2. The maximum absolute atomic E-state index is 12.7. The van der Waals surface area contributed by atoms with Crippen molar-refractivity contribution >= 4 is 11.8 Å². The summed E-state index contributed by atoms with van der Waals surface area (Å²) >= 11 is 0. The highest BCUT2D eigenvalue weighted by atomic mass is 16.5. The number of methoxy groups -OCH3 is 1. The number of nitrogens with one attached hydrogen (secondary N) is 1. The van der Waals surface area contributed by atoms with E-state index in [4.69, 9.17) is 4.74 Å². The second-order valence-electron chi connectivity index (χ2n) is 7.70. The molecule has 2 aromatic heterocycles. The number of hydrogen-bond donors (Lipinski definition) is 1. The number of pyridine rings is 1. The summed E-state index contributed by atoms with van der Waals surface area (Å²) in [6, 6.07) is 11.3. The number of ether oxygens (including phenoxy) is 1. The first-order valence-corrected chi connectivity index (χ1v) is 10.6. The number of amides is 2. The third-order valence-electron chi connectivity index (χ3n) is 5.48. The van der Waals surface area contributed by atoms with Gasteiger partial charge in [0.05, 0.1) is 12.7 Å². The van der Waals surface area contributed by atoms with Crippen molar-refractivity contribution < 1.29 is 14.3 Å². The lowest BCUT2D eigenvalue weighted by Crippen LogP contribution is -2.36. The maximum Gasteiger partial charge on any atom is 0.254 e. The highest BCUT2D eigenvalue weighted by Crippen LogP contribution is 2.19. The van der Waals surface area contributed by atoms with Gasteiger partial charge in [-0.05, 0) is 42.7 Å². The zero-order valence-corrected chi connectivity index (χ0v) is 17.9. The van der Waals surface area contributed by atoms with Crippen LogP contribution in [0.4, 0.5) is 0 Å². The molecule has 8 heteroatoms. The molecule has 0 spiro atoms. The Labute approximate surface area is 186 Å². The van der Waals surface area contributed by atoms with Crippen LogP contribution in [0.25, 0.3) is 11.4 Å². The lowest BCUT2D eigenvalue weighted by atomic mass is 10.1. The summed E-state index contributed by atoms with van der Waals surface area (Å²) in [6.45, 7) is 1.11. The standard InChI is InChI=1S/C24H25N5O3/c1-32-21-6-2-4-17(12-21)16-29-11-9-20(7-8-22(29)30)28-24(31)19-14-26-23(27-15-19)18-5-3-10-25-13-18/h2-6,10,12-15,20H,7-9,11,16H2,1H3,(H,28,31). The molecule has 164 valence electrons. The molecule has 3 heterocycles. The van der Waals surface area contributed by atoms with Gasteiger partial charge in [0.25, 0.3) is 5.91 Å². The first-order chi connectivity index (χ1) is 15.6. The zero-order valence-electron chi connectivity index (χ0n) is 17.9. The molecule has 1 saturated heterocycles. The predicted molar refractivity (Wildman–Crippen MR) is 119 cm³/mol. The van der Waals surface area contributed by atoms with Gasteiger partial charge in [-0.15, -0.1) is 0 Å². The molecule has 0 bridgehead atoms. The van der Waals surface area contributed by atoms with E-state index in [1.54, 1.807) is 19.5 Å². The molecule has 1 unspecified atom stereocenters. The van der Waals surface area contributed by atoms with Crippen LogP contribution in [0.2, 0.25) is 0 Å². The minimum Gasteiger partial charge on any atom is -0.497 e. The number of benzene rings is 1. The van der Waals surface area contributed by atoms with Crippen LogP contribution in [0.15, 0.2) is 61.2 Å². The molecule has 0 saturated carbocycles. The molecule has 1 aliphatic heterocycles. The molecule has 2 amide bonds. The number of hydrogen-bond acceptors (Lipinski definition) is 6. The van der Waals surface area contributed by atoms with Gasteiger partial charge in [-0.1, -0.05) is 12.1 Å². The van der Waals surface area contributed by atoms with E-state index in [0.29, 0.717) is 43.7 Å². The minimum atomic E-state index is -0.235. The molecule has 1 atom stereocenters. The highest BCUT2D eigenvalue weighted by molar-refractivity contribution is 5.94. The molecule has 4 rings (SSSR count). The third kappa shape index (κ3) is 5.26. The summed E-state index contributed by atoms with van der Waals surface area (Å²) in [5.41, 5.74) is 2.20. The van der Waals surface area contributed by atoms with Gasteiger partial charge in [0.1, 0.15) is 5.75 Å². The zero-order chi connectivity index (χ0) is 22.3. The Morgan fingerprint density at radius 3 is 2.75 bits per heavy atom. The van der Waals surface area contributed by atoms with Crippen molar-refractivity contribution in [1.29, 1.82) is 0 Å². The van der Waals surface area contributed by atoms with Gasteiger partial charge in [-0.25, -0.2) is 9.97 Å². The van der Waals surface area contributed by atoms with E-state index >= 15 is 0 Å². The second kappa shape index (κ2) is 10.00. The molecule has 1 aromatic carbocycles. The molecular weight excluding hydrogens is 406 g/mol. The van der Waals surface area contributed by atoms with Crippen LogP contribution in [0.1, 0.15) is 35.2 Å². The smallest absolute Gasteiger partial charge is 0.254 e. The van der Waals surface area contributed by atoms with Gasteiger partial charge in [-0.3, -0.25) is 14.6 Å². The Kier molecular flexibility index (Phi) is 6.69. The van der Waals surface area contributed by atoms with Crippen LogP contribution < -0.4 is 10.1 Å². The number of carbonyl (C=O) groups is 2. The van der Waals surface area contributed by atoms with Crippen LogP contribution >= 0.6 is 0 Å². The first kappa shape index (κ1) is 21.4. The maximum atomic E-state index is 12.7. The summed E-state index contributed by atoms with van der Waals surface area (Å²) in [7, 11) is 1.63. The fourth-order valence-corrected chi connectivity index (χ4v) is 3.70. The van der Waals surface area contributed by atoms with Crippen molar-refractivity contribution in [1.82, 2.24) is 25.2 Å².